The van der Waals surface area contributed by atoms with Crippen LogP contribution in [0, 0.1) is 5.92 Å². The summed E-state index contributed by atoms with van der Waals surface area (Å²) in [7, 11) is 0. The summed E-state index contributed by atoms with van der Waals surface area (Å²) >= 11 is 0. The smallest absolute Gasteiger partial charge is 0.191 e. The van der Waals surface area contributed by atoms with Gasteiger partial charge < -0.3 is 16.0 Å². The highest BCUT2D eigenvalue weighted by Gasteiger charge is 2.17. The second-order valence-electron chi connectivity index (χ2n) is 6.11. The molecule has 1 aliphatic heterocycles. The molecule has 0 aromatic rings. The van der Waals surface area contributed by atoms with Crippen molar-refractivity contribution in [2.24, 2.45) is 16.6 Å². The van der Waals surface area contributed by atoms with Crippen molar-refractivity contribution in [3.8, 4) is 0 Å². The number of nitrogens with zero attached hydrogens (tertiary/aromatic N) is 2. The number of nitrogens with two attached hydrogens (primary N) is 1. The van der Waals surface area contributed by atoms with Gasteiger partial charge in [0.25, 0.3) is 0 Å². The lowest BCUT2D eigenvalue weighted by Crippen LogP contribution is -2.44. The van der Waals surface area contributed by atoms with Gasteiger partial charge in [-0.2, -0.15) is 0 Å². The molecular weight excluding hydrogens is 212 g/mol. The van der Waals surface area contributed by atoms with Crippen molar-refractivity contribution in [1.29, 1.82) is 0 Å². The van der Waals surface area contributed by atoms with Crippen LogP contribution in [0.5, 0.6) is 0 Å². The molecule has 4 heteroatoms. The summed E-state index contributed by atoms with van der Waals surface area (Å²) in [5.74, 6) is 1.46. The molecule has 1 atom stereocenters. The maximum Gasteiger partial charge on any atom is 0.191 e. The lowest BCUT2D eigenvalue weighted by Gasteiger charge is -2.31. The van der Waals surface area contributed by atoms with Crippen LogP contribution in [0.1, 0.15) is 40.5 Å². The number of piperidine rings is 1. The number of hydrogen-bond donors (Lipinski definition) is 2. The monoisotopic (exact) mass is 240 g/mol. The van der Waals surface area contributed by atoms with Crippen molar-refractivity contribution in [2.75, 3.05) is 26.2 Å². The Morgan fingerprint density at radius 1 is 1.47 bits per heavy atom. The quantitative estimate of drug-likeness (QED) is 0.446. The summed E-state index contributed by atoms with van der Waals surface area (Å²) in [6, 6.07) is 0. The fraction of sp³-hybridized carbons (Fsp3) is 0.923. The Hall–Kier alpha value is -0.770. The average molecular weight is 240 g/mol. The molecule has 0 saturated carbocycles. The van der Waals surface area contributed by atoms with Crippen molar-refractivity contribution in [1.82, 2.24) is 10.2 Å². The van der Waals surface area contributed by atoms with E-state index in [0.717, 1.165) is 32.1 Å². The Kier molecular flexibility index (Phi) is 5.25. The number of guanidine groups is 1. The second-order valence-corrected chi connectivity index (χ2v) is 6.11. The molecule has 1 fully saturated rings. The van der Waals surface area contributed by atoms with Gasteiger partial charge in [0.15, 0.2) is 5.96 Å². The highest BCUT2D eigenvalue weighted by molar-refractivity contribution is 5.78. The van der Waals surface area contributed by atoms with Gasteiger partial charge in [0.1, 0.15) is 0 Å². The zero-order valence-corrected chi connectivity index (χ0v) is 11.8. The Morgan fingerprint density at radius 2 is 2.18 bits per heavy atom. The third-order valence-electron chi connectivity index (χ3n) is 3.02. The van der Waals surface area contributed by atoms with Crippen LogP contribution < -0.4 is 11.1 Å². The van der Waals surface area contributed by atoms with Crippen LogP contribution in [0.4, 0.5) is 0 Å². The molecule has 1 rings (SSSR count). The third kappa shape index (κ3) is 5.91. The maximum absolute atomic E-state index is 6.01. The Bertz CT molecular complexity index is 255. The van der Waals surface area contributed by atoms with Gasteiger partial charge in [0, 0.05) is 25.2 Å². The first-order valence-corrected chi connectivity index (χ1v) is 6.68. The summed E-state index contributed by atoms with van der Waals surface area (Å²) in [5, 5.41) is 3.41. The zero-order chi connectivity index (χ0) is 12.9. The van der Waals surface area contributed by atoms with Crippen LogP contribution in [0.15, 0.2) is 4.99 Å². The van der Waals surface area contributed by atoms with Gasteiger partial charge in [-0.3, -0.25) is 4.99 Å². The first-order valence-electron chi connectivity index (χ1n) is 6.68. The number of nitrogens with one attached hydrogen (secondary N) is 1. The molecule has 0 radical (unpaired) electrons. The molecule has 0 amide bonds. The van der Waals surface area contributed by atoms with Crippen LogP contribution in [-0.2, 0) is 0 Å². The number of hydrogen-bond acceptors (Lipinski definition) is 2. The topological polar surface area (TPSA) is 53.6 Å². The van der Waals surface area contributed by atoms with Gasteiger partial charge >= 0.3 is 0 Å². The van der Waals surface area contributed by atoms with E-state index in [9.17, 15) is 0 Å². The van der Waals surface area contributed by atoms with E-state index in [1.54, 1.807) is 0 Å². The first kappa shape index (κ1) is 14.3. The Labute approximate surface area is 106 Å². The summed E-state index contributed by atoms with van der Waals surface area (Å²) in [6.07, 6.45) is 2.55. The molecule has 1 aliphatic rings. The molecule has 1 unspecified atom stereocenters. The molecule has 100 valence electrons. The zero-order valence-electron chi connectivity index (χ0n) is 11.8. The predicted octanol–water partition coefficient (Wildman–Crippen LogP) is 1.42. The molecule has 1 saturated heterocycles. The van der Waals surface area contributed by atoms with Gasteiger partial charge in [-0.1, -0.05) is 6.92 Å². The maximum atomic E-state index is 6.01. The molecule has 4 nitrogen and oxygen atoms in total. The molecule has 17 heavy (non-hydrogen) atoms. The number of aliphatic imine (C=N–C) groups is 1. The predicted molar refractivity (Wildman–Crippen MR) is 74.2 cm³/mol. The van der Waals surface area contributed by atoms with Crippen molar-refractivity contribution in [2.45, 2.75) is 46.1 Å². The molecule has 0 aromatic heterocycles. The minimum Gasteiger partial charge on any atom is -0.370 e. The molecule has 0 aliphatic carbocycles. The molecule has 0 aromatic carbocycles. The van der Waals surface area contributed by atoms with Crippen LogP contribution in [-0.4, -0.2) is 42.6 Å². The van der Waals surface area contributed by atoms with E-state index >= 15 is 0 Å². The fourth-order valence-corrected chi connectivity index (χ4v) is 2.10. The molecule has 1 heterocycles. The number of likely N-dealkylation sites (tertiary alicyclic amines) is 1. The highest BCUT2D eigenvalue weighted by Crippen LogP contribution is 2.14. The van der Waals surface area contributed by atoms with E-state index in [0.29, 0.717) is 5.96 Å². The lowest BCUT2D eigenvalue weighted by atomic mass is 10.0. The third-order valence-corrected chi connectivity index (χ3v) is 3.02. The normalized spacial score (nSPS) is 22.9. The standard InChI is InChI=1S/C13H28N4/c1-11-6-5-9-17(10-11)12(14)15-7-8-16-13(2,3)4/h11,16H,5-10H2,1-4H3,(H2,14,15). The lowest BCUT2D eigenvalue weighted by molar-refractivity contribution is 0.270. The van der Waals surface area contributed by atoms with Crippen LogP contribution in [0.25, 0.3) is 0 Å². The van der Waals surface area contributed by atoms with Gasteiger partial charge in [-0.25, -0.2) is 0 Å². The summed E-state index contributed by atoms with van der Waals surface area (Å²) in [6.45, 7) is 12.5. The van der Waals surface area contributed by atoms with E-state index in [-0.39, 0.29) is 5.54 Å². The van der Waals surface area contributed by atoms with Gasteiger partial charge in [0.2, 0.25) is 0 Å². The Morgan fingerprint density at radius 3 is 2.76 bits per heavy atom. The van der Waals surface area contributed by atoms with Gasteiger partial charge in [-0.15, -0.1) is 0 Å². The minimum atomic E-state index is 0.157. The van der Waals surface area contributed by atoms with Crippen LogP contribution >= 0.6 is 0 Å². The van der Waals surface area contributed by atoms with Crippen molar-refractivity contribution < 1.29 is 0 Å². The van der Waals surface area contributed by atoms with Crippen LogP contribution in [0.2, 0.25) is 0 Å². The summed E-state index contributed by atoms with van der Waals surface area (Å²) < 4.78 is 0. The van der Waals surface area contributed by atoms with E-state index in [1.165, 1.54) is 12.8 Å². The van der Waals surface area contributed by atoms with Gasteiger partial charge in [0.05, 0.1) is 6.54 Å². The first-order chi connectivity index (χ1) is 7.88. The second kappa shape index (κ2) is 6.24. The minimum absolute atomic E-state index is 0.157. The van der Waals surface area contributed by atoms with Gasteiger partial charge in [-0.05, 0) is 39.5 Å². The van der Waals surface area contributed by atoms with E-state index in [4.69, 9.17) is 5.73 Å². The molecular formula is C13H28N4. The van der Waals surface area contributed by atoms with E-state index in [1.807, 2.05) is 0 Å². The SMILES string of the molecule is CC1CCCN(C(N)=NCCNC(C)(C)C)C1. The van der Waals surface area contributed by atoms with E-state index in [2.05, 4.69) is 42.9 Å². The van der Waals surface area contributed by atoms with Crippen molar-refractivity contribution in [3.63, 3.8) is 0 Å². The highest BCUT2D eigenvalue weighted by atomic mass is 15.3. The number of rotatable bonds is 3. The van der Waals surface area contributed by atoms with E-state index < -0.39 is 0 Å². The van der Waals surface area contributed by atoms with Crippen molar-refractivity contribution in [3.05, 3.63) is 0 Å². The average Bonchev–Trinajstić information content (AvgIpc) is 2.23. The summed E-state index contributed by atoms with van der Waals surface area (Å²) in [5.41, 5.74) is 6.17. The summed E-state index contributed by atoms with van der Waals surface area (Å²) in [4.78, 5) is 6.66. The Balaban J connectivity index is 2.28. The molecule has 0 bridgehead atoms. The van der Waals surface area contributed by atoms with Crippen LogP contribution in [0.3, 0.4) is 0 Å². The molecule has 3 N–H and O–H groups in total. The largest absolute Gasteiger partial charge is 0.370 e. The molecule has 0 spiro atoms. The fourth-order valence-electron chi connectivity index (χ4n) is 2.10. The van der Waals surface area contributed by atoms with Crippen molar-refractivity contribution >= 4 is 5.96 Å².